The Hall–Kier alpha value is -4.84. The number of nitrogens with one attached hydrogen (secondary N) is 1. The van der Waals surface area contributed by atoms with Gasteiger partial charge in [0.15, 0.2) is 0 Å². The highest BCUT2D eigenvalue weighted by molar-refractivity contribution is 6.09. The highest BCUT2D eigenvalue weighted by atomic mass is 16.6. The van der Waals surface area contributed by atoms with Gasteiger partial charge in [-0.25, -0.2) is 4.98 Å². The van der Waals surface area contributed by atoms with Crippen molar-refractivity contribution in [1.82, 2.24) is 15.3 Å². The lowest BCUT2D eigenvalue weighted by molar-refractivity contribution is -0.147. The minimum Gasteiger partial charge on any atom is -0.437 e. The topological polar surface area (TPSA) is 81.2 Å². The molecule has 5 rings (SSSR count). The highest BCUT2D eigenvalue weighted by Crippen LogP contribution is 2.32. The largest absolute Gasteiger partial charge is 0.437 e. The molecule has 6 nitrogen and oxygen atoms in total. The number of fused-ring (bicyclic) bond motifs is 1. The summed E-state index contributed by atoms with van der Waals surface area (Å²) in [5, 5.41) is 3.71. The van der Waals surface area contributed by atoms with Crippen LogP contribution in [0.15, 0.2) is 109 Å². The summed E-state index contributed by atoms with van der Waals surface area (Å²) in [5.74, 6) is -0.817. The van der Waals surface area contributed by atoms with Crippen LogP contribution in [0, 0.1) is 0 Å². The van der Waals surface area contributed by atoms with Gasteiger partial charge in [0.2, 0.25) is 6.23 Å². The molecular formula is C32H27N3O3. The summed E-state index contributed by atoms with van der Waals surface area (Å²) in [6, 6.07) is 30.6. The number of esters is 1. The van der Waals surface area contributed by atoms with E-state index in [9.17, 15) is 9.59 Å². The van der Waals surface area contributed by atoms with E-state index in [1.54, 1.807) is 12.4 Å². The van der Waals surface area contributed by atoms with Gasteiger partial charge in [-0.15, -0.1) is 0 Å². The van der Waals surface area contributed by atoms with Gasteiger partial charge < -0.3 is 10.1 Å². The number of aryl methyl sites for hydroxylation is 1. The molecule has 1 atom stereocenters. The van der Waals surface area contributed by atoms with E-state index in [4.69, 9.17) is 9.72 Å². The zero-order valence-corrected chi connectivity index (χ0v) is 21.0. The lowest BCUT2D eigenvalue weighted by Gasteiger charge is -2.22. The van der Waals surface area contributed by atoms with E-state index in [1.807, 2.05) is 97.1 Å². The molecule has 0 aliphatic carbocycles. The first-order valence-electron chi connectivity index (χ1n) is 12.5. The summed E-state index contributed by atoms with van der Waals surface area (Å²) in [7, 11) is 0. The number of amides is 1. The van der Waals surface area contributed by atoms with Crippen molar-refractivity contribution in [2.75, 3.05) is 0 Å². The first-order valence-corrected chi connectivity index (χ1v) is 12.5. The van der Waals surface area contributed by atoms with Crippen LogP contribution in [0.5, 0.6) is 0 Å². The third kappa shape index (κ3) is 5.60. The number of hydrogen-bond acceptors (Lipinski definition) is 5. The molecule has 188 valence electrons. The van der Waals surface area contributed by atoms with E-state index in [0.717, 1.165) is 27.8 Å². The molecule has 2 heterocycles. The van der Waals surface area contributed by atoms with Crippen molar-refractivity contribution in [3.63, 3.8) is 0 Å². The molecule has 5 aromatic rings. The molecule has 0 saturated carbocycles. The van der Waals surface area contributed by atoms with Crippen molar-refractivity contribution in [1.29, 1.82) is 0 Å². The quantitative estimate of drug-likeness (QED) is 0.206. The molecule has 0 spiro atoms. The van der Waals surface area contributed by atoms with Gasteiger partial charge in [0.05, 0.1) is 16.8 Å². The second kappa shape index (κ2) is 11.5. The maximum absolute atomic E-state index is 14.1. The summed E-state index contributed by atoms with van der Waals surface area (Å²) in [6.45, 7) is 1.33. The lowest BCUT2D eigenvalue weighted by atomic mass is 9.92. The van der Waals surface area contributed by atoms with E-state index in [2.05, 4.69) is 10.3 Å². The molecule has 2 aromatic heterocycles. The molecule has 0 aliphatic heterocycles. The fourth-order valence-corrected chi connectivity index (χ4v) is 4.57. The second-order valence-corrected chi connectivity index (χ2v) is 8.93. The Morgan fingerprint density at radius 2 is 1.47 bits per heavy atom. The van der Waals surface area contributed by atoms with E-state index < -0.39 is 12.2 Å². The number of hydrogen-bond donors (Lipinski definition) is 1. The Labute approximate surface area is 221 Å². The van der Waals surface area contributed by atoms with E-state index >= 15 is 0 Å². The Morgan fingerprint density at radius 3 is 2.18 bits per heavy atom. The first-order chi connectivity index (χ1) is 18.6. The zero-order valence-electron chi connectivity index (χ0n) is 21.0. The summed E-state index contributed by atoms with van der Waals surface area (Å²) in [5.41, 5.74) is 5.55. The number of aromatic nitrogens is 2. The number of carbonyl (C=O) groups excluding carboxylic acids is 2. The van der Waals surface area contributed by atoms with Crippen molar-refractivity contribution < 1.29 is 14.3 Å². The van der Waals surface area contributed by atoms with Crippen molar-refractivity contribution in [3.8, 4) is 11.3 Å². The predicted octanol–water partition coefficient (Wildman–Crippen LogP) is 6.07. The number of para-hydroxylation sites is 1. The first kappa shape index (κ1) is 24.8. The van der Waals surface area contributed by atoms with Gasteiger partial charge >= 0.3 is 5.97 Å². The van der Waals surface area contributed by atoms with E-state index in [1.165, 1.54) is 6.92 Å². The number of benzene rings is 3. The van der Waals surface area contributed by atoms with Crippen LogP contribution in [0.3, 0.4) is 0 Å². The molecule has 0 saturated heterocycles. The Morgan fingerprint density at radius 1 is 0.816 bits per heavy atom. The van der Waals surface area contributed by atoms with E-state index in [0.29, 0.717) is 29.5 Å². The van der Waals surface area contributed by atoms with Crippen LogP contribution in [-0.2, 0) is 22.4 Å². The summed E-state index contributed by atoms with van der Waals surface area (Å²) >= 11 is 0. The van der Waals surface area contributed by atoms with Gasteiger partial charge in [-0.2, -0.15) is 0 Å². The van der Waals surface area contributed by atoms with Gasteiger partial charge in [0.25, 0.3) is 5.91 Å². The molecule has 0 radical (unpaired) electrons. The molecule has 1 unspecified atom stereocenters. The Kier molecular flexibility index (Phi) is 7.50. The summed E-state index contributed by atoms with van der Waals surface area (Å²) in [6.07, 6.45) is 3.89. The summed E-state index contributed by atoms with van der Waals surface area (Å²) < 4.78 is 5.53. The number of carbonyl (C=O) groups is 2. The molecule has 1 N–H and O–H groups in total. The highest BCUT2D eigenvalue weighted by Gasteiger charge is 2.25. The number of rotatable bonds is 8. The summed E-state index contributed by atoms with van der Waals surface area (Å²) in [4.78, 5) is 35.2. The molecule has 6 heteroatoms. The SMILES string of the molecule is CC(=O)OC(NC(=O)c1c(CCc2ccncc2)c(-c2ccccc2)nc2ccccc12)c1ccccc1. The normalized spacial score (nSPS) is 11.6. The third-order valence-electron chi connectivity index (χ3n) is 6.33. The molecule has 0 fully saturated rings. The number of nitrogens with zero attached hydrogens (tertiary/aromatic N) is 2. The van der Waals surface area contributed by atoms with Crippen LogP contribution < -0.4 is 5.32 Å². The van der Waals surface area contributed by atoms with Crippen LogP contribution in [0.2, 0.25) is 0 Å². The van der Waals surface area contributed by atoms with Crippen molar-refractivity contribution in [3.05, 3.63) is 132 Å². The van der Waals surface area contributed by atoms with Crippen LogP contribution >= 0.6 is 0 Å². The Bertz CT molecular complexity index is 1560. The second-order valence-electron chi connectivity index (χ2n) is 8.93. The Balaban J connectivity index is 1.65. The minimum atomic E-state index is -0.929. The van der Waals surface area contributed by atoms with Crippen LogP contribution in [0.25, 0.3) is 22.2 Å². The third-order valence-corrected chi connectivity index (χ3v) is 6.33. The molecule has 0 bridgehead atoms. The lowest BCUT2D eigenvalue weighted by Crippen LogP contribution is -2.32. The number of ether oxygens (including phenoxy) is 1. The van der Waals surface area contributed by atoms with Crippen LogP contribution in [0.1, 0.15) is 40.2 Å². The fourth-order valence-electron chi connectivity index (χ4n) is 4.57. The van der Waals surface area contributed by atoms with Gasteiger partial charge in [-0.05, 0) is 42.2 Å². The molecule has 3 aromatic carbocycles. The van der Waals surface area contributed by atoms with E-state index in [-0.39, 0.29) is 5.91 Å². The maximum atomic E-state index is 14.1. The monoisotopic (exact) mass is 501 g/mol. The van der Waals surface area contributed by atoms with Crippen molar-refractivity contribution in [2.24, 2.45) is 0 Å². The van der Waals surface area contributed by atoms with Gasteiger partial charge in [-0.1, -0.05) is 78.9 Å². The standard InChI is InChI=1S/C32H27N3O3/c1-22(36)38-32(25-12-6-3-7-13-25)35-31(37)29-26-14-8-9-15-28(26)34-30(24-10-4-2-5-11-24)27(29)17-16-23-18-20-33-21-19-23/h2-15,18-21,32H,16-17H2,1H3,(H,35,37). The molecular weight excluding hydrogens is 474 g/mol. The minimum absolute atomic E-state index is 0.333. The van der Waals surface area contributed by atoms with Gasteiger partial charge in [0.1, 0.15) is 0 Å². The molecule has 0 aliphatic rings. The number of pyridine rings is 2. The van der Waals surface area contributed by atoms with Crippen LogP contribution in [0.4, 0.5) is 0 Å². The average molecular weight is 502 g/mol. The average Bonchev–Trinajstić information content (AvgIpc) is 2.96. The van der Waals surface area contributed by atoms with Gasteiger partial charge in [-0.3, -0.25) is 14.6 Å². The molecule has 38 heavy (non-hydrogen) atoms. The zero-order chi connectivity index (χ0) is 26.3. The fraction of sp³-hybridized carbons (Fsp3) is 0.125. The smallest absolute Gasteiger partial charge is 0.304 e. The van der Waals surface area contributed by atoms with Gasteiger partial charge in [0, 0.05) is 35.8 Å². The van der Waals surface area contributed by atoms with Crippen molar-refractivity contribution in [2.45, 2.75) is 26.0 Å². The van der Waals surface area contributed by atoms with Crippen LogP contribution in [-0.4, -0.2) is 21.8 Å². The maximum Gasteiger partial charge on any atom is 0.304 e. The predicted molar refractivity (Wildman–Crippen MR) is 147 cm³/mol. The molecule has 1 amide bonds. The van der Waals surface area contributed by atoms with Crippen molar-refractivity contribution >= 4 is 22.8 Å².